The van der Waals surface area contributed by atoms with Gasteiger partial charge in [0, 0.05) is 61.8 Å². The maximum Gasteiger partial charge on any atom is 0.269 e. The second-order valence-electron chi connectivity index (χ2n) is 7.65. The van der Waals surface area contributed by atoms with Gasteiger partial charge in [-0.2, -0.15) is 0 Å². The summed E-state index contributed by atoms with van der Waals surface area (Å²) in [7, 11) is 0. The number of fused-ring (bicyclic) bond motifs is 2. The molecule has 8 heteroatoms. The molecule has 3 aromatic rings. The van der Waals surface area contributed by atoms with Gasteiger partial charge in [-0.1, -0.05) is 12.1 Å². The van der Waals surface area contributed by atoms with E-state index in [1.807, 2.05) is 0 Å². The number of nitrogens with zero attached hydrogens (tertiary/aromatic N) is 4. The Kier molecular flexibility index (Phi) is 4.13. The first kappa shape index (κ1) is 18.1. The molecule has 5 rings (SSSR count). The quantitative estimate of drug-likeness (QED) is 0.470. The highest BCUT2D eigenvalue weighted by Gasteiger charge is 2.26. The Balaban J connectivity index is 1.32. The molecular weight excluding hydrogens is 384 g/mol. The molecule has 0 aliphatic carbocycles. The number of nitro groups is 2. The summed E-state index contributed by atoms with van der Waals surface area (Å²) in [5.41, 5.74) is 7.25. The van der Waals surface area contributed by atoms with Crippen LogP contribution in [0.4, 0.5) is 22.7 Å². The van der Waals surface area contributed by atoms with E-state index in [9.17, 15) is 20.2 Å². The first-order valence-corrected chi connectivity index (χ1v) is 9.60. The van der Waals surface area contributed by atoms with Gasteiger partial charge in [-0.05, 0) is 46.5 Å². The van der Waals surface area contributed by atoms with Crippen LogP contribution in [0.15, 0.2) is 60.7 Å². The molecule has 0 saturated carbocycles. The van der Waals surface area contributed by atoms with Crippen molar-refractivity contribution in [2.75, 3.05) is 9.80 Å². The molecule has 2 aliphatic heterocycles. The van der Waals surface area contributed by atoms with E-state index in [0.717, 1.165) is 37.6 Å². The maximum absolute atomic E-state index is 10.9. The fourth-order valence-corrected chi connectivity index (χ4v) is 4.25. The van der Waals surface area contributed by atoms with Gasteiger partial charge in [-0.15, -0.1) is 0 Å². The van der Waals surface area contributed by atoms with Crippen molar-refractivity contribution in [1.82, 2.24) is 0 Å². The summed E-state index contributed by atoms with van der Waals surface area (Å²) in [4.78, 5) is 25.4. The lowest BCUT2D eigenvalue weighted by Gasteiger charge is -2.18. The number of benzene rings is 3. The van der Waals surface area contributed by atoms with E-state index in [1.165, 1.54) is 22.3 Å². The van der Waals surface area contributed by atoms with Crippen molar-refractivity contribution in [3.8, 4) is 0 Å². The molecular formula is C22H18N4O4. The lowest BCUT2D eigenvalue weighted by molar-refractivity contribution is -0.385. The summed E-state index contributed by atoms with van der Waals surface area (Å²) >= 11 is 0. The molecule has 0 bridgehead atoms. The zero-order chi connectivity index (χ0) is 20.8. The van der Waals surface area contributed by atoms with Gasteiger partial charge in [0.25, 0.3) is 11.4 Å². The monoisotopic (exact) mass is 402 g/mol. The Morgan fingerprint density at radius 1 is 0.567 bits per heavy atom. The predicted molar refractivity (Wildman–Crippen MR) is 112 cm³/mol. The molecule has 0 unspecified atom stereocenters. The smallest absolute Gasteiger partial charge is 0.269 e. The van der Waals surface area contributed by atoms with E-state index in [4.69, 9.17) is 0 Å². The Hall–Kier alpha value is -3.94. The van der Waals surface area contributed by atoms with Crippen molar-refractivity contribution in [3.05, 3.63) is 103 Å². The van der Waals surface area contributed by atoms with Gasteiger partial charge in [-0.25, -0.2) is 0 Å². The molecule has 30 heavy (non-hydrogen) atoms. The molecule has 0 aromatic heterocycles. The van der Waals surface area contributed by atoms with Crippen molar-refractivity contribution in [2.45, 2.75) is 26.2 Å². The van der Waals surface area contributed by atoms with Crippen LogP contribution in [-0.2, 0) is 26.2 Å². The molecule has 0 saturated heterocycles. The van der Waals surface area contributed by atoms with Crippen molar-refractivity contribution < 1.29 is 9.85 Å². The van der Waals surface area contributed by atoms with Crippen molar-refractivity contribution >= 4 is 22.7 Å². The molecule has 8 nitrogen and oxygen atoms in total. The Bertz CT molecular complexity index is 1040. The third-order valence-corrected chi connectivity index (χ3v) is 5.82. The SMILES string of the molecule is O=[N+]([O-])c1ccc(N2Cc3cc4c(cc3C2)CN(c2ccc([N+](=O)[O-])cc2)C4)cc1. The first-order valence-electron chi connectivity index (χ1n) is 9.60. The van der Waals surface area contributed by atoms with Gasteiger partial charge in [-0.3, -0.25) is 20.2 Å². The van der Waals surface area contributed by atoms with Crippen LogP contribution in [0.3, 0.4) is 0 Å². The lowest BCUT2D eigenvalue weighted by atomic mass is 10.0. The summed E-state index contributed by atoms with van der Waals surface area (Å²) < 4.78 is 0. The van der Waals surface area contributed by atoms with E-state index < -0.39 is 0 Å². The molecule has 3 aromatic carbocycles. The average Bonchev–Trinajstić information content (AvgIpc) is 3.35. The summed E-state index contributed by atoms with van der Waals surface area (Å²) in [6, 6.07) is 17.9. The number of non-ortho nitro benzene ring substituents is 2. The summed E-state index contributed by atoms with van der Waals surface area (Å²) in [5.74, 6) is 0. The van der Waals surface area contributed by atoms with Crippen molar-refractivity contribution in [3.63, 3.8) is 0 Å². The van der Waals surface area contributed by atoms with Gasteiger partial charge in [0.05, 0.1) is 9.85 Å². The number of anilines is 2. The third kappa shape index (κ3) is 3.12. The largest absolute Gasteiger partial charge is 0.363 e. The van der Waals surface area contributed by atoms with Gasteiger partial charge in [0.1, 0.15) is 0 Å². The summed E-state index contributed by atoms with van der Waals surface area (Å²) in [6.07, 6.45) is 0. The zero-order valence-corrected chi connectivity index (χ0v) is 16.0. The van der Waals surface area contributed by atoms with Crippen LogP contribution >= 0.6 is 0 Å². The normalized spacial score (nSPS) is 14.5. The maximum atomic E-state index is 10.9. The fraction of sp³-hybridized carbons (Fsp3) is 0.182. The highest BCUT2D eigenvalue weighted by atomic mass is 16.6. The van der Waals surface area contributed by atoms with Crippen LogP contribution in [0.5, 0.6) is 0 Å². The van der Waals surface area contributed by atoms with Gasteiger partial charge < -0.3 is 9.80 Å². The van der Waals surface area contributed by atoms with Gasteiger partial charge >= 0.3 is 0 Å². The molecule has 0 fully saturated rings. The molecule has 150 valence electrons. The first-order chi connectivity index (χ1) is 14.5. The second-order valence-corrected chi connectivity index (χ2v) is 7.65. The minimum absolute atomic E-state index is 0.0979. The number of hydrogen-bond donors (Lipinski definition) is 0. The number of hydrogen-bond acceptors (Lipinski definition) is 6. The minimum atomic E-state index is -0.385. The molecule has 0 amide bonds. The molecule has 0 radical (unpaired) electrons. The van der Waals surface area contributed by atoms with Crippen LogP contribution < -0.4 is 9.80 Å². The highest BCUT2D eigenvalue weighted by Crippen LogP contribution is 2.35. The van der Waals surface area contributed by atoms with Crippen molar-refractivity contribution in [2.24, 2.45) is 0 Å². The topological polar surface area (TPSA) is 92.8 Å². The number of rotatable bonds is 4. The Morgan fingerprint density at radius 3 is 1.13 bits per heavy atom. The summed E-state index contributed by atoms with van der Waals surface area (Å²) in [5, 5.41) is 21.7. The van der Waals surface area contributed by atoms with Crippen LogP contribution in [0.25, 0.3) is 0 Å². The van der Waals surface area contributed by atoms with Crippen molar-refractivity contribution in [1.29, 1.82) is 0 Å². The van der Waals surface area contributed by atoms with Crippen LogP contribution in [0, 0.1) is 20.2 Å². The van der Waals surface area contributed by atoms with E-state index in [0.29, 0.717) is 0 Å². The van der Waals surface area contributed by atoms with E-state index >= 15 is 0 Å². The Labute approximate surface area is 172 Å². The highest BCUT2D eigenvalue weighted by molar-refractivity contribution is 5.59. The van der Waals surface area contributed by atoms with Gasteiger partial charge in [0.2, 0.25) is 0 Å². The predicted octanol–water partition coefficient (Wildman–Crippen LogP) is 4.54. The second kappa shape index (κ2) is 6.84. The van der Waals surface area contributed by atoms with E-state index in [-0.39, 0.29) is 21.2 Å². The van der Waals surface area contributed by atoms with Crippen LogP contribution in [0.1, 0.15) is 22.3 Å². The van der Waals surface area contributed by atoms with Gasteiger partial charge in [0.15, 0.2) is 0 Å². The van der Waals surface area contributed by atoms with E-state index in [2.05, 4.69) is 21.9 Å². The average molecular weight is 402 g/mol. The molecule has 0 N–H and O–H groups in total. The number of nitro benzene ring substituents is 2. The lowest BCUT2D eigenvalue weighted by Crippen LogP contribution is -2.15. The molecule has 2 heterocycles. The standard InChI is InChI=1S/C22H18N4O4/c27-25(28)21-5-1-19(2-6-21)23-11-15-9-17-13-24(14-18(17)10-16(15)12-23)20-3-7-22(8-4-20)26(29)30/h1-10H,11-14H2. The summed E-state index contributed by atoms with van der Waals surface area (Å²) in [6.45, 7) is 3.10. The Morgan fingerprint density at radius 2 is 0.867 bits per heavy atom. The van der Waals surface area contributed by atoms with Crippen LogP contribution in [0.2, 0.25) is 0 Å². The third-order valence-electron chi connectivity index (χ3n) is 5.82. The zero-order valence-electron chi connectivity index (χ0n) is 16.0. The fourth-order valence-electron chi connectivity index (χ4n) is 4.25. The molecule has 0 spiro atoms. The van der Waals surface area contributed by atoms with E-state index in [1.54, 1.807) is 48.5 Å². The molecule has 2 aliphatic rings. The minimum Gasteiger partial charge on any atom is -0.363 e. The van der Waals surface area contributed by atoms with Crippen LogP contribution in [-0.4, -0.2) is 9.85 Å². The molecule has 0 atom stereocenters.